The standard InChI is InChI=1S/C12H19N3OS/c1-13-7-8-15-12(16)5-9-17-10-11-4-2-3-6-14-11/h2-4,6,13H,5,7-10H2,1H3,(H,15,16). The third-order valence-electron chi connectivity index (χ3n) is 2.15. The molecule has 94 valence electrons. The molecule has 0 radical (unpaired) electrons. The smallest absolute Gasteiger partial charge is 0.220 e. The van der Waals surface area contributed by atoms with Crippen molar-refractivity contribution < 1.29 is 4.79 Å². The molecule has 0 aliphatic heterocycles. The van der Waals surface area contributed by atoms with E-state index in [0.29, 0.717) is 13.0 Å². The second kappa shape index (κ2) is 9.01. The minimum atomic E-state index is 0.119. The Morgan fingerprint density at radius 3 is 3.00 bits per heavy atom. The molecular weight excluding hydrogens is 234 g/mol. The Kier molecular flexibility index (Phi) is 7.42. The number of aromatic nitrogens is 1. The Bertz CT molecular complexity index is 319. The van der Waals surface area contributed by atoms with Crippen LogP contribution in [0.25, 0.3) is 0 Å². The van der Waals surface area contributed by atoms with E-state index in [4.69, 9.17) is 0 Å². The van der Waals surface area contributed by atoms with Gasteiger partial charge in [-0.2, -0.15) is 11.8 Å². The lowest BCUT2D eigenvalue weighted by atomic mass is 10.4. The van der Waals surface area contributed by atoms with Gasteiger partial charge in [-0.25, -0.2) is 0 Å². The molecule has 0 saturated heterocycles. The molecule has 0 bridgehead atoms. The first-order chi connectivity index (χ1) is 8.33. The number of hydrogen-bond acceptors (Lipinski definition) is 4. The summed E-state index contributed by atoms with van der Waals surface area (Å²) in [6.45, 7) is 1.51. The molecule has 0 atom stereocenters. The number of amides is 1. The summed E-state index contributed by atoms with van der Waals surface area (Å²) in [5.41, 5.74) is 1.06. The minimum Gasteiger partial charge on any atom is -0.355 e. The van der Waals surface area contributed by atoms with Crippen LogP contribution in [0.5, 0.6) is 0 Å². The first-order valence-electron chi connectivity index (χ1n) is 5.72. The molecule has 2 N–H and O–H groups in total. The fourth-order valence-electron chi connectivity index (χ4n) is 1.24. The van der Waals surface area contributed by atoms with Crippen LogP contribution in [-0.4, -0.2) is 36.8 Å². The van der Waals surface area contributed by atoms with Crippen molar-refractivity contribution in [3.8, 4) is 0 Å². The van der Waals surface area contributed by atoms with E-state index < -0.39 is 0 Å². The Labute approximate surface area is 107 Å². The van der Waals surface area contributed by atoms with Crippen LogP contribution in [-0.2, 0) is 10.5 Å². The van der Waals surface area contributed by atoms with Gasteiger partial charge in [0.15, 0.2) is 0 Å². The molecule has 1 aromatic rings. The topological polar surface area (TPSA) is 54.0 Å². The summed E-state index contributed by atoms with van der Waals surface area (Å²) in [7, 11) is 1.87. The van der Waals surface area contributed by atoms with Gasteiger partial charge in [0, 0.05) is 37.2 Å². The Hall–Kier alpha value is -1.07. The molecule has 5 heteroatoms. The monoisotopic (exact) mass is 253 g/mol. The first-order valence-corrected chi connectivity index (χ1v) is 6.87. The van der Waals surface area contributed by atoms with E-state index in [1.165, 1.54) is 0 Å². The molecule has 1 rings (SSSR count). The summed E-state index contributed by atoms with van der Waals surface area (Å²) >= 11 is 1.73. The second-order valence-electron chi connectivity index (χ2n) is 3.58. The number of carbonyl (C=O) groups is 1. The zero-order valence-corrected chi connectivity index (χ0v) is 10.9. The second-order valence-corrected chi connectivity index (χ2v) is 4.68. The summed E-state index contributed by atoms with van der Waals surface area (Å²) in [6.07, 6.45) is 2.36. The van der Waals surface area contributed by atoms with E-state index in [1.807, 2.05) is 25.2 Å². The molecule has 4 nitrogen and oxygen atoms in total. The highest BCUT2D eigenvalue weighted by Crippen LogP contribution is 2.10. The van der Waals surface area contributed by atoms with Crippen molar-refractivity contribution in [2.24, 2.45) is 0 Å². The molecular formula is C12H19N3OS. The molecule has 0 saturated carbocycles. The maximum Gasteiger partial charge on any atom is 0.220 e. The van der Waals surface area contributed by atoms with Crippen LogP contribution in [0.1, 0.15) is 12.1 Å². The Morgan fingerprint density at radius 2 is 2.29 bits per heavy atom. The average molecular weight is 253 g/mol. The van der Waals surface area contributed by atoms with E-state index in [-0.39, 0.29) is 5.91 Å². The van der Waals surface area contributed by atoms with Crippen molar-refractivity contribution in [3.05, 3.63) is 30.1 Å². The average Bonchev–Trinajstić information content (AvgIpc) is 2.36. The van der Waals surface area contributed by atoms with Crippen molar-refractivity contribution in [1.29, 1.82) is 0 Å². The number of pyridine rings is 1. The summed E-state index contributed by atoms with van der Waals surface area (Å²) in [5, 5.41) is 5.84. The number of thioether (sulfide) groups is 1. The summed E-state index contributed by atoms with van der Waals surface area (Å²) in [4.78, 5) is 15.6. The summed E-state index contributed by atoms with van der Waals surface area (Å²) < 4.78 is 0. The zero-order chi connectivity index (χ0) is 12.3. The molecule has 0 unspecified atom stereocenters. The van der Waals surface area contributed by atoms with Crippen molar-refractivity contribution in [1.82, 2.24) is 15.6 Å². The van der Waals surface area contributed by atoms with Gasteiger partial charge in [0.2, 0.25) is 5.91 Å². The lowest BCUT2D eigenvalue weighted by Crippen LogP contribution is -2.30. The van der Waals surface area contributed by atoms with Crippen LogP contribution in [0.15, 0.2) is 24.4 Å². The maximum absolute atomic E-state index is 11.4. The quantitative estimate of drug-likeness (QED) is 0.680. The third-order valence-corrected chi connectivity index (χ3v) is 3.14. The van der Waals surface area contributed by atoms with Gasteiger partial charge in [-0.05, 0) is 19.2 Å². The number of likely N-dealkylation sites (N-methyl/N-ethyl adjacent to an activating group) is 1. The number of rotatable bonds is 8. The molecule has 1 heterocycles. The van der Waals surface area contributed by atoms with Crippen LogP contribution in [0.2, 0.25) is 0 Å². The summed E-state index contributed by atoms with van der Waals surface area (Å²) in [6, 6.07) is 5.89. The van der Waals surface area contributed by atoms with E-state index in [9.17, 15) is 4.79 Å². The van der Waals surface area contributed by atoms with Crippen molar-refractivity contribution in [3.63, 3.8) is 0 Å². The highest BCUT2D eigenvalue weighted by atomic mass is 32.2. The van der Waals surface area contributed by atoms with E-state index in [1.54, 1.807) is 18.0 Å². The minimum absolute atomic E-state index is 0.119. The molecule has 17 heavy (non-hydrogen) atoms. The largest absolute Gasteiger partial charge is 0.355 e. The van der Waals surface area contributed by atoms with Gasteiger partial charge >= 0.3 is 0 Å². The summed E-state index contributed by atoms with van der Waals surface area (Å²) in [5.74, 6) is 1.82. The van der Waals surface area contributed by atoms with Gasteiger partial charge in [0.25, 0.3) is 0 Å². The highest BCUT2D eigenvalue weighted by molar-refractivity contribution is 7.98. The van der Waals surface area contributed by atoms with Gasteiger partial charge in [-0.15, -0.1) is 0 Å². The molecule has 1 aromatic heterocycles. The SMILES string of the molecule is CNCCNC(=O)CCSCc1ccccn1. The van der Waals surface area contributed by atoms with Crippen LogP contribution in [0.3, 0.4) is 0 Å². The van der Waals surface area contributed by atoms with Crippen molar-refractivity contribution in [2.75, 3.05) is 25.9 Å². The lowest BCUT2D eigenvalue weighted by Gasteiger charge is -2.04. The van der Waals surface area contributed by atoms with Gasteiger partial charge < -0.3 is 10.6 Å². The van der Waals surface area contributed by atoms with Gasteiger partial charge in [-0.1, -0.05) is 6.07 Å². The Morgan fingerprint density at radius 1 is 1.41 bits per heavy atom. The predicted molar refractivity (Wildman–Crippen MR) is 72.0 cm³/mol. The van der Waals surface area contributed by atoms with Gasteiger partial charge in [-0.3, -0.25) is 9.78 Å². The molecule has 0 fully saturated rings. The third kappa shape index (κ3) is 6.97. The number of hydrogen-bond donors (Lipinski definition) is 2. The molecule has 1 amide bonds. The van der Waals surface area contributed by atoms with Gasteiger partial charge in [0.1, 0.15) is 0 Å². The number of nitrogens with one attached hydrogen (secondary N) is 2. The highest BCUT2D eigenvalue weighted by Gasteiger charge is 2.00. The van der Waals surface area contributed by atoms with E-state index in [0.717, 1.165) is 23.7 Å². The Balaban J connectivity index is 2.02. The first kappa shape index (κ1) is 14.0. The normalized spacial score (nSPS) is 10.2. The van der Waals surface area contributed by atoms with Crippen LogP contribution < -0.4 is 10.6 Å². The molecule has 0 aliphatic rings. The van der Waals surface area contributed by atoms with Gasteiger partial charge in [0.05, 0.1) is 5.69 Å². The fraction of sp³-hybridized carbons (Fsp3) is 0.500. The maximum atomic E-state index is 11.4. The zero-order valence-electron chi connectivity index (χ0n) is 10.1. The van der Waals surface area contributed by atoms with E-state index >= 15 is 0 Å². The lowest BCUT2D eigenvalue weighted by molar-refractivity contribution is -0.120. The number of carbonyl (C=O) groups excluding carboxylic acids is 1. The molecule has 0 aromatic carbocycles. The molecule has 0 spiro atoms. The van der Waals surface area contributed by atoms with E-state index in [2.05, 4.69) is 15.6 Å². The van der Waals surface area contributed by atoms with Crippen LogP contribution in [0, 0.1) is 0 Å². The van der Waals surface area contributed by atoms with Crippen molar-refractivity contribution in [2.45, 2.75) is 12.2 Å². The van der Waals surface area contributed by atoms with Crippen molar-refractivity contribution >= 4 is 17.7 Å². The van der Waals surface area contributed by atoms with Crippen LogP contribution in [0.4, 0.5) is 0 Å². The number of nitrogens with zero attached hydrogens (tertiary/aromatic N) is 1. The molecule has 0 aliphatic carbocycles. The fourth-order valence-corrected chi connectivity index (χ4v) is 2.09. The van der Waals surface area contributed by atoms with Crippen LogP contribution >= 0.6 is 11.8 Å². The predicted octanol–water partition coefficient (Wildman–Crippen LogP) is 1.04.